The third-order valence-electron chi connectivity index (χ3n) is 6.70. The lowest BCUT2D eigenvalue weighted by atomic mass is 10.1. The Hall–Kier alpha value is -5.10. The molecule has 6 nitrogen and oxygen atoms in total. The maximum Gasteiger partial charge on any atom is 0.271 e. The number of carbonyl (C=O) groups excluding carboxylic acids is 1. The summed E-state index contributed by atoms with van der Waals surface area (Å²) >= 11 is 0. The van der Waals surface area contributed by atoms with Gasteiger partial charge in [0.05, 0.1) is 18.5 Å². The molecule has 1 amide bonds. The van der Waals surface area contributed by atoms with Crippen molar-refractivity contribution in [3.8, 4) is 28.4 Å². The van der Waals surface area contributed by atoms with Crippen molar-refractivity contribution in [2.24, 2.45) is 5.10 Å². The normalized spacial score (nSPS) is 11.0. The van der Waals surface area contributed by atoms with Crippen molar-refractivity contribution in [3.05, 3.63) is 137 Å². The fourth-order valence-corrected chi connectivity index (χ4v) is 4.55. The summed E-state index contributed by atoms with van der Waals surface area (Å²) in [6, 6.07) is 35.8. The van der Waals surface area contributed by atoms with Crippen molar-refractivity contribution in [2.75, 3.05) is 6.61 Å². The Labute approximate surface area is 240 Å². The van der Waals surface area contributed by atoms with Crippen molar-refractivity contribution in [3.63, 3.8) is 0 Å². The molecule has 4 aromatic carbocycles. The predicted molar refractivity (Wildman–Crippen MR) is 164 cm³/mol. The molecule has 0 unspecified atom stereocenters. The molecular formula is C35H33N3O3. The zero-order valence-corrected chi connectivity index (χ0v) is 23.5. The molecule has 0 atom stereocenters. The Balaban J connectivity index is 1.23. The molecule has 206 valence electrons. The Bertz CT molecular complexity index is 1640. The van der Waals surface area contributed by atoms with Gasteiger partial charge < -0.3 is 14.0 Å². The molecule has 41 heavy (non-hydrogen) atoms. The molecule has 5 aromatic rings. The summed E-state index contributed by atoms with van der Waals surface area (Å²) in [6.07, 6.45) is 1.59. The van der Waals surface area contributed by atoms with E-state index in [2.05, 4.69) is 77.5 Å². The molecule has 1 aromatic heterocycles. The highest BCUT2D eigenvalue weighted by molar-refractivity contribution is 5.95. The highest BCUT2D eigenvalue weighted by Crippen LogP contribution is 2.29. The minimum absolute atomic E-state index is 0.289. The summed E-state index contributed by atoms with van der Waals surface area (Å²) in [4.78, 5) is 12.8. The van der Waals surface area contributed by atoms with Crippen molar-refractivity contribution >= 4 is 12.1 Å². The van der Waals surface area contributed by atoms with Gasteiger partial charge in [-0.1, -0.05) is 60.2 Å². The number of benzene rings is 4. The predicted octanol–water partition coefficient (Wildman–Crippen LogP) is 7.50. The first-order valence-corrected chi connectivity index (χ1v) is 13.6. The molecule has 1 N–H and O–H groups in total. The molecule has 0 fully saturated rings. The number of nitrogens with zero attached hydrogens (tertiary/aromatic N) is 2. The van der Waals surface area contributed by atoms with Crippen LogP contribution in [-0.4, -0.2) is 23.3 Å². The van der Waals surface area contributed by atoms with E-state index in [1.807, 2.05) is 67.6 Å². The molecule has 0 aliphatic rings. The van der Waals surface area contributed by atoms with Crippen LogP contribution in [0.4, 0.5) is 0 Å². The van der Waals surface area contributed by atoms with Gasteiger partial charge in [-0.3, -0.25) is 4.79 Å². The van der Waals surface area contributed by atoms with Gasteiger partial charge in [-0.15, -0.1) is 0 Å². The number of hydrogen-bond acceptors (Lipinski definition) is 4. The fraction of sp³-hybridized carbons (Fsp3) is 0.143. The van der Waals surface area contributed by atoms with E-state index in [0.29, 0.717) is 30.3 Å². The van der Waals surface area contributed by atoms with Crippen LogP contribution in [-0.2, 0) is 6.61 Å². The highest BCUT2D eigenvalue weighted by atomic mass is 16.5. The second kappa shape index (κ2) is 12.8. The van der Waals surface area contributed by atoms with E-state index in [-0.39, 0.29) is 5.91 Å². The van der Waals surface area contributed by atoms with Crippen molar-refractivity contribution in [1.82, 2.24) is 9.99 Å². The van der Waals surface area contributed by atoms with E-state index < -0.39 is 0 Å². The van der Waals surface area contributed by atoms with E-state index in [4.69, 9.17) is 9.47 Å². The third-order valence-corrected chi connectivity index (χ3v) is 6.70. The molecule has 0 spiro atoms. The number of hydrogen-bond donors (Lipinski definition) is 1. The smallest absolute Gasteiger partial charge is 0.271 e. The van der Waals surface area contributed by atoms with E-state index in [9.17, 15) is 4.79 Å². The molecule has 0 aliphatic heterocycles. The lowest BCUT2D eigenvalue weighted by Gasteiger charge is -2.13. The van der Waals surface area contributed by atoms with Gasteiger partial charge in [0, 0.05) is 16.9 Å². The molecule has 0 saturated heterocycles. The SMILES string of the molecule is CCOc1cc(/C=N/NC(=O)c2ccc(-n3c(C)ccc3-c3ccccc3)cc2)ccc1OCc1ccc(C)cc1. The van der Waals surface area contributed by atoms with E-state index in [0.717, 1.165) is 33.8 Å². The van der Waals surface area contributed by atoms with Gasteiger partial charge in [-0.05, 0) is 92.1 Å². The lowest BCUT2D eigenvalue weighted by Crippen LogP contribution is -2.17. The van der Waals surface area contributed by atoms with Crippen LogP contribution in [0.15, 0.2) is 114 Å². The average molecular weight is 544 g/mol. The van der Waals surface area contributed by atoms with Crippen LogP contribution in [0.3, 0.4) is 0 Å². The second-order valence-electron chi connectivity index (χ2n) is 9.72. The number of hydrazone groups is 1. The third kappa shape index (κ3) is 6.73. The lowest BCUT2D eigenvalue weighted by molar-refractivity contribution is 0.0955. The fourth-order valence-electron chi connectivity index (χ4n) is 4.55. The number of nitrogens with one attached hydrogen (secondary N) is 1. The van der Waals surface area contributed by atoms with Gasteiger partial charge in [-0.2, -0.15) is 5.10 Å². The summed E-state index contributed by atoms with van der Waals surface area (Å²) in [5.74, 6) is 0.992. The van der Waals surface area contributed by atoms with Crippen LogP contribution in [0, 0.1) is 13.8 Å². The first-order chi connectivity index (χ1) is 20.0. The first kappa shape index (κ1) is 27.5. The minimum Gasteiger partial charge on any atom is -0.490 e. The Kier molecular flexibility index (Phi) is 8.60. The van der Waals surface area contributed by atoms with Gasteiger partial charge in [0.15, 0.2) is 11.5 Å². The minimum atomic E-state index is -0.289. The Morgan fingerprint density at radius 3 is 2.32 bits per heavy atom. The number of aromatic nitrogens is 1. The second-order valence-corrected chi connectivity index (χ2v) is 9.72. The summed E-state index contributed by atoms with van der Waals surface area (Å²) in [5.41, 5.74) is 10.5. The number of amides is 1. The highest BCUT2D eigenvalue weighted by Gasteiger charge is 2.11. The summed E-state index contributed by atoms with van der Waals surface area (Å²) in [6.45, 7) is 7.00. The number of carbonyl (C=O) groups is 1. The molecule has 0 radical (unpaired) electrons. The number of rotatable bonds is 10. The van der Waals surface area contributed by atoms with Crippen LogP contribution >= 0.6 is 0 Å². The zero-order valence-electron chi connectivity index (χ0n) is 23.5. The van der Waals surface area contributed by atoms with Crippen LogP contribution in [0.5, 0.6) is 11.5 Å². The number of aryl methyl sites for hydroxylation is 2. The summed E-state index contributed by atoms with van der Waals surface area (Å²) in [5, 5.41) is 4.16. The van der Waals surface area contributed by atoms with Gasteiger partial charge in [-0.25, -0.2) is 5.43 Å². The van der Waals surface area contributed by atoms with Crippen molar-refractivity contribution < 1.29 is 14.3 Å². The molecular weight excluding hydrogens is 510 g/mol. The van der Waals surface area contributed by atoms with Crippen LogP contribution < -0.4 is 14.9 Å². The standard InChI is InChI=1S/C35H33N3O3/c1-4-40-34-22-28(15-21-33(34)41-24-27-13-10-25(2)11-14-27)23-36-37-35(39)30-16-18-31(19-17-30)38-26(3)12-20-32(38)29-8-6-5-7-9-29/h5-23H,4,24H2,1-3H3,(H,37,39)/b36-23+. The average Bonchev–Trinajstić information content (AvgIpc) is 3.39. The van der Waals surface area contributed by atoms with Gasteiger partial charge >= 0.3 is 0 Å². The first-order valence-electron chi connectivity index (χ1n) is 13.6. The maximum atomic E-state index is 12.8. The van der Waals surface area contributed by atoms with E-state index in [1.165, 1.54) is 5.56 Å². The van der Waals surface area contributed by atoms with Crippen molar-refractivity contribution in [2.45, 2.75) is 27.4 Å². The molecule has 1 heterocycles. The molecule has 5 rings (SSSR count). The number of ether oxygens (including phenoxy) is 2. The van der Waals surface area contributed by atoms with Gasteiger partial charge in [0.25, 0.3) is 5.91 Å². The molecule has 0 bridgehead atoms. The van der Waals surface area contributed by atoms with Gasteiger partial charge in [0.2, 0.25) is 0 Å². The maximum absolute atomic E-state index is 12.8. The molecule has 6 heteroatoms. The zero-order chi connectivity index (χ0) is 28.6. The Morgan fingerprint density at radius 1 is 0.829 bits per heavy atom. The van der Waals surface area contributed by atoms with E-state index in [1.54, 1.807) is 6.21 Å². The monoisotopic (exact) mass is 543 g/mol. The van der Waals surface area contributed by atoms with Crippen molar-refractivity contribution in [1.29, 1.82) is 0 Å². The van der Waals surface area contributed by atoms with E-state index >= 15 is 0 Å². The van der Waals surface area contributed by atoms with Crippen LogP contribution in [0.1, 0.15) is 39.7 Å². The summed E-state index contributed by atoms with van der Waals surface area (Å²) in [7, 11) is 0. The topological polar surface area (TPSA) is 64.8 Å². The molecule has 0 saturated carbocycles. The van der Waals surface area contributed by atoms with Gasteiger partial charge in [0.1, 0.15) is 6.61 Å². The molecule has 0 aliphatic carbocycles. The van der Waals surface area contributed by atoms with Crippen LogP contribution in [0.2, 0.25) is 0 Å². The van der Waals surface area contributed by atoms with Crippen LogP contribution in [0.25, 0.3) is 16.9 Å². The summed E-state index contributed by atoms with van der Waals surface area (Å²) < 4.78 is 14.0. The largest absolute Gasteiger partial charge is 0.490 e. The Morgan fingerprint density at radius 2 is 1.59 bits per heavy atom. The quantitative estimate of drug-likeness (QED) is 0.147.